The van der Waals surface area contributed by atoms with Gasteiger partial charge in [-0.25, -0.2) is 4.79 Å². The molecule has 1 saturated carbocycles. The van der Waals surface area contributed by atoms with Crippen LogP contribution in [-0.2, 0) is 4.79 Å². The minimum absolute atomic E-state index is 0.511. The summed E-state index contributed by atoms with van der Waals surface area (Å²) in [6.45, 7) is 2.26. The third kappa shape index (κ3) is 3.07. The van der Waals surface area contributed by atoms with Crippen molar-refractivity contribution >= 4 is 5.97 Å². The highest BCUT2D eigenvalue weighted by molar-refractivity contribution is 5.79. The summed E-state index contributed by atoms with van der Waals surface area (Å²) in [5, 5.41) is 8.41. The van der Waals surface area contributed by atoms with Gasteiger partial charge in [-0.3, -0.25) is 0 Å². The van der Waals surface area contributed by atoms with Crippen LogP contribution >= 0.6 is 0 Å². The average Bonchev–Trinajstić information content (AvgIpc) is 2.03. The first-order valence-corrected chi connectivity index (χ1v) is 4.59. The van der Waals surface area contributed by atoms with Crippen LogP contribution in [0.5, 0.6) is 0 Å². The summed E-state index contributed by atoms with van der Waals surface area (Å²) in [5.74, 6) is 0.519. The molecule has 0 aromatic rings. The minimum Gasteiger partial charge on any atom is -0.478 e. The van der Waals surface area contributed by atoms with E-state index in [0.29, 0.717) is 5.92 Å². The molecule has 2 nitrogen and oxygen atoms in total. The van der Waals surface area contributed by atoms with Gasteiger partial charge in [0.05, 0.1) is 0 Å². The topological polar surface area (TPSA) is 37.3 Å². The highest BCUT2D eigenvalue weighted by atomic mass is 16.4. The van der Waals surface area contributed by atoms with Gasteiger partial charge in [0, 0.05) is 6.08 Å². The molecule has 0 aliphatic heterocycles. The molecule has 1 aliphatic carbocycles. The van der Waals surface area contributed by atoms with Gasteiger partial charge in [-0.1, -0.05) is 25.8 Å². The lowest BCUT2D eigenvalue weighted by atomic mass is 9.83. The van der Waals surface area contributed by atoms with E-state index in [2.05, 4.69) is 6.92 Å². The Morgan fingerprint density at radius 3 is 2.42 bits per heavy atom. The zero-order valence-electron chi connectivity index (χ0n) is 7.49. The second kappa shape index (κ2) is 4.29. The SMILES string of the molecule is CC1CCC(C=CC(=O)O)CC1. The minimum atomic E-state index is -0.825. The fraction of sp³-hybridized carbons (Fsp3) is 0.700. The van der Waals surface area contributed by atoms with E-state index in [1.807, 2.05) is 6.08 Å². The Hall–Kier alpha value is -0.790. The summed E-state index contributed by atoms with van der Waals surface area (Å²) in [6.07, 6.45) is 7.92. The Morgan fingerprint density at radius 1 is 1.33 bits per heavy atom. The molecule has 0 radical (unpaired) electrons. The predicted octanol–water partition coefficient (Wildman–Crippen LogP) is 2.45. The van der Waals surface area contributed by atoms with Gasteiger partial charge in [-0.15, -0.1) is 0 Å². The van der Waals surface area contributed by atoms with Gasteiger partial charge in [0.25, 0.3) is 0 Å². The number of aliphatic carboxylic acids is 1. The standard InChI is InChI=1S/C10H16O2/c1-8-2-4-9(5-3-8)6-7-10(11)12/h6-9H,2-5H2,1H3,(H,11,12). The number of carboxylic acids is 1. The van der Waals surface area contributed by atoms with Crippen molar-refractivity contribution in [3.63, 3.8) is 0 Å². The van der Waals surface area contributed by atoms with Crippen molar-refractivity contribution in [1.29, 1.82) is 0 Å². The van der Waals surface area contributed by atoms with E-state index >= 15 is 0 Å². The monoisotopic (exact) mass is 168 g/mol. The molecule has 0 unspecified atom stereocenters. The number of carboxylic acid groups (broad SMARTS) is 1. The summed E-state index contributed by atoms with van der Waals surface area (Å²) in [5.41, 5.74) is 0. The Morgan fingerprint density at radius 2 is 1.92 bits per heavy atom. The maximum Gasteiger partial charge on any atom is 0.327 e. The summed E-state index contributed by atoms with van der Waals surface area (Å²) < 4.78 is 0. The largest absolute Gasteiger partial charge is 0.478 e. The predicted molar refractivity (Wildman–Crippen MR) is 47.9 cm³/mol. The molecule has 0 aromatic carbocycles. The van der Waals surface area contributed by atoms with Crippen molar-refractivity contribution in [1.82, 2.24) is 0 Å². The smallest absolute Gasteiger partial charge is 0.327 e. The van der Waals surface area contributed by atoms with Gasteiger partial charge in [-0.05, 0) is 24.7 Å². The molecule has 12 heavy (non-hydrogen) atoms. The molecule has 68 valence electrons. The molecule has 0 spiro atoms. The van der Waals surface area contributed by atoms with Crippen LogP contribution in [0, 0.1) is 11.8 Å². The van der Waals surface area contributed by atoms with Gasteiger partial charge in [-0.2, -0.15) is 0 Å². The Labute approximate surface area is 73.3 Å². The van der Waals surface area contributed by atoms with Crippen molar-refractivity contribution in [3.8, 4) is 0 Å². The van der Waals surface area contributed by atoms with Crippen molar-refractivity contribution in [2.75, 3.05) is 0 Å². The van der Waals surface area contributed by atoms with E-state index < -0.39 is 5.97 Å². The van der Waals surface area contributed by atoms with Crippen LogP contribution in [0.25, 0.3) is 0 Å². The van der Waals surface area contributed by atoms with Gasteiger partial charge in [0.2, 0.25) is 0 Å². The number of rotatable bonds is 2. The van der Waals surface area contributed by atoms with Crippen LogP contribution in [0.1, 0.15) is 32.6 Å². The maximum absolute atomic E-state index is 10.2. The highest BCUT2D eigenvalue weighted by Gasteiger charge is 2.15. The average molecular weight is 168 g/mol. The molecule has 1 fully saturated rings. The number of hydrogen-bond donors (Lipinski definition) is 1. The summed E-state index contributed by atoms with van der Waals surface area (Å²) in [4.78, 5) is 10.2. The van der Waals surface area contributed by atoms with E-state index in [4.69, 9.17) is 5.11 Å². The van der Waals surface area contributed by atoms with E-state index in [9.17, 15) is 4.79 Å². The van der Waals surface area contributed by atoms with Gasteiger partial charge in [0.15, 0.2) is 0 Å². The van der Waals surface area contributed by atoms with Crippen molar-refractivity contribution in [2.45, 2.75) is 32.6 Å². The molecule has 0 saturated heterocycles. The van der Waals surface area contributed by atoms with Crippen LogP contribution in [-0.4, -0.2) is 11.1 Å². The molecule has 0 heterocycles. The Bertz CT molecular complexity index is 176. The van der Waals surface area contributed by atoms with Crippen LogP contribution in [0.3, 0.4) is 0 Å². The van der Waals surface area contributed by atoms with Crippen molar-refractivity contribution in [3.05, 3.63) is 12.2 Å². The number of allylic oxidation sites excluding steroid dienone is 1. The molecule has 2 heteroatoms. The zero-order chi connectivity index (χ0) is 8.97. The lowest BCUT2D eigenvalue weighted by Crippen LogP contribution is -2.10. The molecular formula is C10H16O2. The zero-order valence-corrected chi connectivity index (χ0v) is 7.49. The Balaban J connectivity index is 2.30. The number of hydrogen-bond acceptors (Lipinski definition) is 1. The molecule has 0 aromatic heterocycles. The molecule has 1 rings (SSSR count). The van der Waals surface area contributed by atoms with E-state index in [-0.39, 0.29) is 0 Å². The van der Waals surface area contributed by atoms with Crippen LogP contribution in [0.4, 0.5) is 0 Å². The van der Waals surface area contributed by atoms with Crippen molar-refractivity contribution < 1.29 is 9.90 Å². The maximum atomic E-state index is 10.2. The summed E-state index contributed by atoms with van der Waals surface area (Å²) in [6, 6.07) is 0. The first kappa shape index (κ1) is 9.30. The van der Waals surface area contributed by atoms with Crippen molar-refractivity contribution in [2.24, 2.45) is 11.8 Å². The molecule has 0 bridgehead atoms. The second-order valence-corrected chi connectivity index (χ2v) is 3.72. The van der Waals surface area contributed by atoms with Gasteiger partial charge in [0.1, 0.15) is 0 Å². The first-order valence-electron chi connectivity index (χ1n) is 4.59. The van der Waals surface area contributed by atoms with Crippen LogP contribution in [0.15, 0.2) is 12.2 Å². The van der Waals surface area contributed by atoms with Crippen LogP contribution in [0.2, 0.25) is 0 Å². The third-order valence-electron chi connectivity index (χ3n) is 2.57. The first-order chi connectivity index (χ1) is 5.68. The van der Waals surface area contributed by atoms with E-state index in [1.165, 1.54) is 18.9 Å². The fourth-order valence-corrected chi connectivity index (χ4v) is 1.70. The van der Waals surface area contributed by atoms with Gasteiger partial charge < -0.3 is 5.11 Å². The molecule has 1 aliphatic rings. The van der Waals surface area contributed by atoms with Gasteiger partial charge >= 0.3 is 5.97 Å². The molecular weight excluding hydrogens is 152 g/mol. The lowest BCUT2D eigenvalue weighted by molar-refractivity contribution is -0.131. The molecule has 1 N–H and O–H groups in total. The quantitative estimate of drug-likeness (QED) is 0.643. The number of carbonyl (C=O) groups is 1. The highest BCUT2D eigenvalue weighted by Crippen LogP contribution is 2.28. The van der Waals surface area contributed by atoms with E-state index in [0.717, 1.165) is 18.8 Å². The normalized spacial score (nSPS) is 30.8. The summed E-state index contributed by atoms with van der Waals surface area (Å²) in [7, 11) is 0. The van der Waals surface area contributed by atoms with E-state index in [1.54, 1.807) is 0 Å². The summed E-state index contributed by atoms with van der Waals surface area (Å²) >= 11 is 0. The third-order valence-corrected chi connectivity index (χ3v) is 2.57. The Kier molecular flexibility index (Phi) is 3.32. The van der Waals surface area contributed by atoms with Crippen LogP contribution < -0.4 is 0 Å². The molecule has 0 amide bonds. The fourth-order valence-electron chi connectivity index (χ4n) is 1.70. The molecule has 0 atom stereocenters. The second-order valence-electron chi connectivity index (χ2n) is 3.72. The lowest BCUT2D eigenvalue weighted by Gasteiger charge is -2.23.